The Labute approximate surface area is 89.0 Å². The van der Waals surface area contributed by atoms with Crippen molar-refractivity contribution < 1.29 is 27.4 Å². The molecule has 16 heavy (non-hydrogen) atoms. The van der Waals surface area contributed by atoms with Gasteiger partial charge in [-0.05, 0) is 6.07 Å². The van der Waals surface area contributed by atoms with Crippen molar-refractivity contribution in [3.8, 4) is 5.75 Å². The van der Waals surface area contributed by atoms with Crippen LogP contribution in [0.5, 0.6) is 5.75 Å². The van der Waals surface area contributed by atoms with Gasteiger partial charge in [-0.2, -0.15) is 4.39 Å². The predicted molar refractivity (Wildman–Crippen MR) is 47.0 cm³/mol. The molecule has 0 saturated heterocycles. The Balaban J connectivity index is 3.36. The summed E-state index contributed by atoms with van der Waals surface area (Å²) in [7, 11) is 2.14. The summed E-state index contributed by atoms with van der Waals surface area (Å²) >= 11 is 0. The van der Waals surface area contributed by atoms with E-state index in [1.165, 1.54) is 0 Å². The number of hydrogen-bond donors (Lipinski definition) is 0. The van der Waals surface area contributed by atoms with Crippen molar-refractivity contribution in [2.75, 3.05) is 14.2 Å². The Morgan fingerprint density at radius 3 is 2.50 bits per heavy atom. The molecule has 0 unspecified atom stereocenters. The summed E-state index contributed by atoms with van der Waals surface area (Å²) in [6.45, 7) is 0. The molecule has 7 heteroatoms. The molecule has 0 radical (unpaired) electrons. The third-order valence-electron chi connectivity index (χ3n) is 1.78. The lowest BCUT2D eigenvalue weighted by molar-refractivity contribution is 0.0594. The van der Waals surface area contributed by atoms with Crippen LogP contribution in [0.3, 0.4) is 0 Å². The lowest BCUT2D eigenvalue weighted by Crippen LogP contribution is -2.09. The molecule has 0 aromatic carbocycles. The Bertz CT molecular complexity index is 409. The number of halogens is 3. The molecule has 1 aromatic rings. The fourth-order valence-corrected chi connectivity index (χ4v) is 1.09. The van der Waals surface area contributed by atoms with Gasteiger partial charge < -0.3 is 9.47 Å². The molecular formula is C9H8F3NO3. The molecule has 0 atom stereocenters. The Hall–Kier alpha value is -1.79. The summed E-state index contributed by atoms with van der Waals surface area (Å²) in [6, 6.07) is 0.735. The predicted octanol–water partition coefficient (Wildman–Crippen LogP) is 1.95. The van der Waals surface area contributed by atoms with Crippen molar-refractivity contribution in [3.05, 3.63) is 23.3 Å². The minimum atomic E-state index is -2.98. The molecule has 0 bridgehead atoms. The second-order valence-corrected chi connectivity index (χ2v) is 2.71. The first-order chi connectivity index (χ1) is 7.51. The zero-order chi connectivity index (χ0) is 12.3. The highest BCUT2D eigenvalue weighted by Gasteiger charge is 2.22. The summed E-state index contributed by atoms with van der Waals surface area (Å²) < 4.78 is 46.7. The highest BCUT2D eigenvalue weighted by molar-refractivity contribution is 5.92. The molecular weight excluding hydrogens is 227 g/mol. The molecule has 0 saturated carbocycles. The van der Waals surface area contributed by atoms with Crippen LogP contribution >= 0.6 is 0 Å². The largest absolute Gasteiger partial charge is 0.491 e. The number of carbonyl (C=O) groups excluding carboxylic acids is 1. The highest BCUT2D eigenvalue weighted by atomic mass is 19.3. The van der Waals surface area contributed by atoms with Gasteiger partial charge in [0.25, 0.3) is 12.4 Å². The van der Waals surface area contributed by atoms with Crippen LogP contribution in [0.2, 0.25) is 0 Å². The van der Waals surface area contributed by atoms with E-state index in [1.807, 2.05) is 0 Å². The number of methoxy groups -OCH3 is 2. The highest BCUT2D eigenvalue weighted by Crippen LogP contribution is 2.26. The van der Waals surface area contributed by atoms with Gasteiger partial charge in [-0.25, -0.2) is 18.6 Å². The average molecular weight is 235 g/mol. The monoisotopic (exact) mass is 235 g/mol. The zero-order valence-corrected chi connectivity index (χ0v) is 8.46. The zero-order valence-electron chi connectivity index (χ0n) is 8.46. The van der Waals surface area contributed by atoms with E-state index in [1.54, 1.807) is 0 Å². The molecule has 0 amide bonds. The van der Waals surface area contributed by atoms with Crippen LogP contribution in [-0.2, 0) is 4.74 Å². The van der Waals surface area contributed by atoms with E-state index in [4.69, 9.17) is 0 Å². The second kappa shape index (κ2) is 4.82. The van der Waals surface area contributed by atoms with Gasteiger partial charge in [0.05, 0.1) is 14.2 Å². The average Bonchev–Trinajstić information content (AvgIpc) is 2.26. The second-order valence-electron chi connectivity index (χ2n) is 2.71. The molecule has 1 rings (SSSR count). The number of esters is 1. The first kappa shape index (κ1) is 12.3. The maximum atomic E-state index is 13.2. The molecule has 0 N–H and O–H groups in total. The van der Waals surface area contributed by atoms with Gasteiger partial charge in [0.15, 0.2) is 5.75 Å². The topological polar surface area (TPSA) is 48.4 Å². The maximum absolute atomic E-state index is 13.2. The smallest absolute Gasteiger partial charge is 0.341 e. The summed E-state index contributed by atoms with van der Waals surface area (Å²) in [5.74, 6) is -2.77. The minimum Gasteiger partial charge on any atom is -0.491 e. The summed E-state index contributed by atoms with van der Waals surface area (Å²) in [5, 5.41) is 0. The fourth-order valence-electron chi connectivity index (χ4n) is 1.09. The molecule has 0 aliphatic carbocycles. The van der Waals surface area contributed by atoms with E-state index in [2.05, 4.69) is 14.5 Å². The molecule has 4 nitrogen and oxygen atoms in total. The van der Waals surface area contributed by atoms with E-state index in [0.717, 1.165) is 20.3 Å². The molecule has 0 aliphatic heterocycles. The normalized spacial score (nSPS) is 10.4. The molecule has 0 aliphatic rings. The molecule has 1 aromatic heterocycles. The Morgan fingerprint density at radius 2 is 2.06 bits per heavy atom. The van der Waals surface area contributed by atoms with Gasteiger partial charge in [-0.15, -0.1) is 0 Å². The van der Waals surface area contributed by atoms with Gasteiger partial charge in [0.2, 0.25) is 0 Å². The number of ether oxygens (including phenoxy) is 2. The lowest BCUT2D eigenvalue weighted by Gasteiger charge is -2.09. The molecule has 0 fully saturated rings. The number of aromatic nitrogens is 1. The Morgan fingerprint density at radius 1 is 1.44 bits per heavy atom. The number of rotatable bonds is 3. The van der Waals surface area contributed by atoms with E-state index >= 15 is 0 Å². The van der Waals surface area contributed by atoms with Gasteiger partial charge in [0, 0.05) is 0 Å². The third-order valence-corrected chi connectivity index (χ3v) is 1.78. The quantitative estimate of drug-likeness (QED) is 0.593. The van der Waals surface area contributed by atoms with E-state index in [0.29, 0.717) is 0 Å². The standard InChI is InChI=1S/C9H8F3NO3/c1-15-6-4(9(14)16-2)3-5(7(10)11)13-8(6)12/h3,7H,1-2H3. The van der Waals surface area contributed by atoms with Gasteiger partial charge in [0.1, 0.15) is 11.3 Å². The van der Waals surface area contributed by atoms with Crippen molar-refractivity contribution in [2.24, 2.45) is 0 Å². The van der Waals surface area contributed by atoms with Crippen LogP contribution in [0.25, 0.3) is 0 Å². The fraction of sp³-hybridized carbons (Fsp3) is 0.333. The van der Waals surface area contributed by atoms with E-state index < -0.39 is 35.3 Å². The molecule has 1 heterocycles. The first-order valence-electron chi connectivity index (χ1n) is 4.12. The minimum absolute atomic E-state index is 0.423. The SMILES string of the molecule is COC(=O)c1cc(C(F)F)nc(F)c1OC. The summed E-state index contributed by atoms with van der Waals surface area (Å²) in [4.78, 5) is 14.2. The van der Waals surface area contributed by atoms with Gasteiger partial charge in [-0.3, -0.25) is 0 Å². The number of alkyl halides is 2. The number of pyridine rings is 1. The van der Waals surface area contributed by atoms with Crippen LogP contribution in [-0.4, -0.2) is 25.2 Å². The van der Waals surface area contributed by atoms with Crippen LogP contribution < -0.4 is 4.74 Å². The van der Waals surface area contributed by atoms with Crippen LogP contribution in [0.4, 0.5) is 13.2 Å². The maximum Gasteiger partial charge on any atom is 0.341 e. The first-order valence-corrected chi connectivity index (χ1v) is 4.12. The molecule has 88 valence electrons. The van der Waals surface area contributed by atoms with Crippen LogP contribution in [0.1, 0.15) is 22.5 Å². The summed E-state index contributed by atoms with van der Waals surface area (Å²) in [6.07, 6.45) is -2.98. The van der Waals surface area contributed by atoms with Crippen molar-refractivity contribution in [1.29, 1.82) is 0 Å². The summed E-state index contributed by atoms with van der Waals surface area (Å²) in [5.41, 5.74) is -1.27. The van der Waals surface area contributed by atoms with E-state index in [9.17, 15) is 18.0 Å². The van der Waals surface area contributed by atoms with Crippen LogP contribution in [0, 0.1) is 5.95 Å². The Kier molecular flexibility index (Phi) is 3.70. The number of nitrogens with zero attached hydrogens (tertiary/aromatic N) is 1. The van der Waals surface area contributed by atoms with Crippen molar-refractivity contribution >= 4 is 5.97 Å². The van der Waals surface area contributed by atoms with E-state index in [-0.39, 0.29) is 0 Å². The molecule has 0 spiro atoms. The van der Waals surface area contributed by atoms with Gasteiger partial charge in [-0.1, -0.05) is 0 Å². The lowest BCUT2D eigenvalue weighted by atomic mass is 10.2. The number of hydrogen-bond acceptors (Lipinski definition) is 4. The van der Waals surface area contributed by atoms with Crippen molar-refractivity contribution in [2.45, 2.75) is 6.43 Å². The third kappa shape index (κ3) is 2.23. The van der Waals surface area contributed by atoms with Crippen molar-refractivity contribution in [3.63, 3.8) is 0 Å². The van der Waals surface area contributed by atoms with Crippen molar-refractivity contribution in [1.82, 2.24) is 4.98 Å². The number of carbonyl (C=O) groups is 1. The van der Waals surface area contributed by atoms with Gasteiger partial charge >= 0.3 is 5.97 Å². The van der Waals surface area contributed by atoms with Crippen LogP contribution in [0.15, 0.2) is 6.07 Å².